The monoisotopic (exact) mass is 663 g/mol. The maximum Gasteiger partial charge on any atom is 0.459 e. The lowest BCUT2D eigenvalue weighted by Gasteiger charge is -2.25. The number of phenols is 2. The molecular formula is C30H35FN3O11P. The van der Waals surface area contributed by atoms with Gasteiger partial charge < -0.3 is 29.3 Å². The van der Waals surface area contributed by atoms with Crippen molar-refractivity contribution in [2.75, 3.05) is 6.61 Å². The molecule has 1 aromatic heterocycles. The van der Waals surface area contributed by atoms with Crippen molar-refractivity contribution in [3.05, 3.63) is 86.7 Å². The van der Waals surface area contributed by atoms with Crippen molar-refractivity contribution < 1.29 is 47.6 Å². The number of aromatic hydroxyl groups is 2. The van der Waals surface area contributed by atoms with E-state index >= 15 is 4.39 Å². The topological polar surface area (TPSA) is 199 Å². The van der Waals surface area contributed by atoms with Gasteiger partial charge in [-0.25, -0.2) is 13.8 Å². The number of halogens is 1. The zero-order valence-electron chi connectivity index (χ0n) is 25.3. The number of aliphatic hydroxyl groups excluding tert-OH is 1. The third kappa shape index (κ3) is 8.50. The van der Waals surface area contributed by atoms with Gasteiger partial charge in [0.1, 0.15) is 35.5 Å². The van der Waals surface area contributed by atoms with Gasteiger partial charge >= 0.3 is 19.4 Å². The first kappa shape index (κ1) is 34.6. The van der Waals surface area contributed by atoms with Crippen LogP contribution in [-0.2, 0) is 23.4 Å². The molecule has 16 heteroatoms. The maximum absolute atomic E-state index is 15.6. The Bertz CT molecular complexity index is 1720. The van der Waals surface area contributed by atoms with E-state index in [0.29, 0.717) is 11.1 Å². The van der Waals surface area contributed by atoms with Crippen molar-refractivity contribution in [1.29, 1.82) is 0 Å². The number of esters is 1. The molecule has 1 saturated heterocycles. The fourth-order valence-electron chi connectivity index (χ4n) is 4.53. The maximum atomic E-state index is 15.6. The van der Waals surface area contributed by atoms with Gasteiger partial charge in [0.05, 0.1) is 12.7 Å². The van der Waals surface area contributed by atoms with E-state index in [1.54, 1.807) is 38.1 Å². The fraction of sp³-hybridized carbons (Fsp3) is 0.367. The predicted molar refractivity (Wildman–Crippen MR) is 164 cm³/mol. The molecule has 0 radical (unpaired) electrons. The minimum atomic E-state index is -4.47. The van der Waals surface area contributed by atoms with Crippen LogP contribution in [-0.4, -0.2) is 67.5 Å². The molecule has 1 aliphatic rings. The highest BCUT2D eigenvalue weighted by Crippen LogP contribution is 2.47. The van der Waals surface area contributed by atoms with Crippen LogP contribution in [0.25, 0.3) is 12.2 Å². The first-order valence-corrected chi connectivity index (χ1v) is 15.7. The molecule has 0 amide bonds. The van der Waals surface area contributed by atoms with Crippen LogP contribution in [0.15, 0.2) is 64.3 Å². The Hall–Kier alpha value is -4.27. The molecular weight excluding hydrogens is 628 g/mol. The number of hydrogen-bond donors (Lipinski definition) is 5. The lowest BCUT2D eigenvalue weighted by Crippen LogP contribution is -2.43. The second-order valence-corrected chi connectivity index (χ2v) is 12.7. The summed E-state index contributed by atoms with van der Waals surface area (Å²) in [5.41, 5.74) is -3.02. The van der Waals surface area contributed by atoms with Crippen LogP contribution in [0, 0.1) is 0 Å². The second-order valence-electron chi connectivity index (χ2n) is 11.0. The predicted octanol–water partition coefficient (Wildman–Crippen LogP) is 3.24. The number of carbonyl (C=O) groups is 1. The molecule has 3 aromatic rings. The number of rotatable bonds is 12. The molecule has 2 heterocycles. The first-order chi connectivity index (χ1) is 21.6. The number of benzene rings is 2. The van der Waals surface area contributed by atoms with Crippen LogP contribution in [0.3, 0.4) is 0 Å². The van der Waals surface area contributed by atoms with E-state index in [2.05, 4.69) is 5.09 Å². The van der Waals surface area contributed by atoms with Gasteiger partial charge in [-0.3, -0.25) is 23.7 Å². The van der Waals surface area contributed by atoms with Crippen LogP contribution in [0.1, 0.15) is 45.0 Å². The lowest BCUT2D eigenvalue weighted by atomic mass is 9.98. The normalized spacial score (nSPS) is 23.3. The molecule has 2 unspecified atom stereocenters. The van der Waals surface area contributed by atoms with E-state index in [9.17, 15) is 34.3 Å². The van der Waals surface area contributed by atoms with Gasteiger partial charge in [-0.15, -0.1) is 0 Å². The quantitative estimate of drug-likeness (QED) is 0.108. The number of ether oxygens (including phenoxy) is 2. The molecule has 1 aliphatic heterocycles. The van der Waals surface area contributed by atoms with Crippen LogP contribution in [0.4, 0.5) is 4.39 Å². The second kappa shape index (κ2) is 14.0. The molecule has 4 rings (SSSR count). The van der Waals surface area contributed by atoms with Crippen molar-refractivity contribution in [3.63, 3.8) is 0 Å². The molecule has 248 valence electrons. The summed E-state index contributed by atoms with van der Waals surface area (Å²) in [4.78, 5) is 38.2. The third-order valence-electron chi connectivity index (χ3n) is 6.79. The Morgan fingerprint density at radius 2 is 1.74 bits per heavy atom. The van der Waals surface area contributed by atoms with Crippen molar-refractivity contribution >= 4 is 25.9 Å². The first-order valence-electron chi connectivity index (χ1n) is 14.1. The number of H-pyrrole nitrogens is 1. The Morgan fingerprint density at radius 1 is 1.11 bits per heavy atom. The number of aliphatic hydroxyl groups is 1. The van der Waals surface area contributed by atoms with Crippen LogP contribution < -0.4 is 20.9 Å². The van der Waals surface area contributed by atoms with Gasteiger partial charge in [-0.2, -0.15) is 5.09 Å². The smallest absolute Gasteiger partial charge is 0.459 e. The van der Waals surface area contributed by atoms with Crippen molar-refractivity contribution in [2.24, 2.45) is 0 Å². The molecule has 2 aromatic carbocycles. The van der Waals surface area contributed by atoms with Crippen molar-refractivity contribution in [1.82, 2.24) is 14.6 Å². The average Bonchev–Trinajstić information content (AvgIpc) is 3.18. The molecule has 6 atom stereocenters. The van der Waals surface area contributed by atoms with Gasteiger partial charge in [-0.05, 0) is 63.1 Å². The SMILES string of the molecule is CC(C)OC(=O)[C@H](C)NP(=O)(OCC1O[C@@H](n2ccc(=O)[nH]c2=O)[C@](C)(F)[C@@H]1O)Oc1ccc(/C=C/c2cc(O)cc(O)c2)cc1. The summed E-state index contributed by atoms with van der Waals surface area (Å²) in [6.07, 6.45) is -1.12. The van der Waals surface area contributed by atoms with E-state index in [-0.39, 0.29) is 17.2 Å². The minimum absolute atomic E-state index is 0.0493. The zero-order valence-corrected chi connectivity index (χ0v) is 26.2. The third-order valence-corrected chi connectivity index (χ3v) is 8.43. The highest BCUT2D eigenvalue weighted by molar-refractivity contribution is 7.52. The molecule has 0 spiro atoms. The molecule has 0 bridgehead atoms. The summed E-state index contributed by atoms with van der Waals surface area (Å²) < 4.78 is 52.4. The molecule has 0 saturated carbocycles. The number of nitrogens with zero attached hydrogens (tertiary/aromatic N) is 1. The number of aromatic nitrogens is 2. The van der Waals surface area contributed by atoms with E-state index < -0.39 is 67.8 Å². The van der Waals surface area contributed by atoms with Gasteiger partial charge in [0.15, 0.2) is 11.9 Å². The summed E-state index contributed by atoms with van der Waals surface area (Å²) in [5, 5.41) is 32.5. The molecule has 1 fully saturated rings. The Balaban J connectivity index is 1.52. The van der Waals surface area contributed by atoms with Gasteiger partial charge in [-0.1, -0.05) is 24.3 Å². The summed E-state index contributed by atoms with van der Waals surface area (Å²) in [6, 6.07) is 10.1. The minimum Gasteiger partial charge on any atom is -0.508 e. The number of alkyl halides is 1. The molecule has 0 aliphatic carbocycles. The summed E-state index contributed by atoms with van der Waals surface area (Å²) in [6.45, 7) is 4.93. The highest BCUT2D eigenvalue weighted by Gasteiger charge is 2.56. The fourth-order valence-corrected chi connectivity index (χ4v) is 6.04. The Morgan fingerprint density at radius 3 is 2.35 bits per heavy atom. The van der Waals surface area contributed by atoms with E-state index in [4.69, 9.17) is 18.5 Å². The Labute approximate surface area is 262 Å². The largest absolute Gasteiger partial charge is 0.508 e. The highest BCUT2D eigenvalue weighted by atomic mass is 31.2. The molecule has 46 heavy (non-hydrogen) atoms. The summed E-state index contributed by atoms with van der Waals surface area (Å²) in [7, 11) is -4.47. The van der Waals surface area contributed by atoms with E-state index in [0.717, 1.165) is 23.8 Å². The Kier molecular flexibility index (Phi) is 10.5. The number of carbonyl (C=O) groups excluding carboxylic acids is 1. The van der Waals surface area contributed by atoms with Gasteiger partial charge in [0.25, 0.3) is 5.56 Å². The molecule has 14 nitrogen and oxygen atoms in total. The van der Waals surface area contributed by atoms with Crippen LogP contribution in [0.5, 0.6) is 17.2 Å². The van der Waals surface area contributed by atoms with Crippen molar-refractivity contribution in [3.8, 4) is 17.2 Å². The van der Waals surface area contributed by atoms with Crippen LogP contribution in [0.2, 0.25) is 0 Å². The zero-order chi connectivity index (χ0) is 33.8. The lowest BCUT2D eigenvalue weighted by molar-refractivity contribution is -0.149. The number of hydrogen-bond acceptors (Lipinski definition) is 11. The number of nitrogens with one attached hydrogen (secondary N) is 2. The summed E-state index contributed by atoms with van der Waals surface area (Å²) in [5.74, 6) is -0.920. The summed E-state index contributed by atoms with van der Waals surface area (Å²) >= 11 is 0. The number of aromatic amines is 1. The molecule has 5 N–H and O–H groups in total. The standard InChI is InChI=1S/C30H35FN3O11P/c1-17(2)43-27(39)18(3)33-46(41,45-23-9-7-19(8-10-23)5-6-20-13-21(35)15-22(36)14-20)42-16-24-26(38)30(4,31)28(44-24)34-12-11-25(37)32-29(34)40/h5-15,17-18,24,26,28,35-36,38H,16H2,1-4H3,(H,33,41)(H,32,37,40)/b6-5+/t18-,24?,26+,28+,30+,46?/m0/s1. The van der Waals surface area contributed by atoms with Gasteiger partial charge in [0.2, 0.25) is 0 Å². The van der Waals surface area contributed by atoms with E-state index in [1.807, 2.05) is 4.98 Å². The van der Waals surface area contributed by atoms with Crippen molar-refractivity contribution in [2.45, 2.75) is 63.9 Å². The average molecular weight is 664 g/mol. The van der Waals surface area contributed by atoms with Gasteiger partial charge in [0, 0.05) is 18.3 Å². The van der Waals surface area contributed by atoms with E-state index in [1.165, 1.54) is 37.3 Å². The van der Waals surface area contributed by atoms with Crippen LogP contribution >= 0.6 is 7.75 Å². The number of phenolic OH excluding ortho intramolecular Hbond substituents is 2.